The highest BCUT2D eigenvalue weighted by Crippen LogP contribution is 2.37. The third kappa shape index (κ3) is 5.03. The summed E-state index contributed by atoms with van der Waals surface area (Å²) in [6.07, 6.45) is 3.19. The van der Waals surface area contributed by atoms with E-state index >= 15 is 0 Å². The van der Waals surface area contributed by atoms with Gasteiger partial charge in [-0.3, -0.25) is 28.9 Å². The first-order valence-electron chi connectivity index (χ1n) is 8.98. The zero-order valence-electron chi connectivity index (χ0n) is 14.9. The topological polar surface area (TPSA) is 122 Å². The van der Waals surface area contributed by atoms with Crippen molar-refractivity contribution in [2.75, 3.05) is 26.2 Å². The van der Waals surface area contributed by atoms with E-state index in [-0.39, 0.29) is 49.1 Å². The number of likely N-dealkylation sites (tertiary alicyclic amines) is 1. The second kappa shape index (κ2) is 9.30. The molecule has 9 heteroatoms. The molecule has 26 heavy (non-hydrogen) atoms. The molecule has 2 fully saturated rings. The minimum atomic E-state index is -0.673. The number of carbonyl (C=O) groups is 5. The number of carbonyl (C=O) groups excluding carboxylic acids is 5. The van der Waals surface area contributed by atoms with Crippen LogP contribution in [-0.4, -0.2) is 60.7 Å². The average molecular weight is 367 g/mol. The lowest BCUT2D eigenvalue weighted by Gasteiger charge is -2.19. The number of amides is 4. The molecule has 1 saturated heterocycles. The van der Waals surface area contributed by atoms with Crippen LogP contribution in [0.1, 0.15) is 39.0 Å². The summed E-state index contributed by atoms with van der Waals surface area (Å²) in [5.74, 6) is -2.49. The van der Waals surface area contributed by atoms with Crippen LogP contribution in [0.25, 0.3) is 0 Å². The van der Waals surface area contributed by atoms with Crippen molar-refractivity contribution >= 4 is 29.6 Å². The third-order valence-corrected chi connectivity index (χ3v) is 4.66. The van der Waals surface area contributed by atoms with E-state index in [1.54, 1.807) is 6.92 Å². The summed E-state index contributed by atoms with van der Waals surface area (Å²) in [5, 5.41) is 4.84. The fourth-order valence-electron chi connectivity index (χ4n) is 3.36. The van der Waals surface area contributed by atoms with Gasteiger partial charge in [-0.05, 0) is 19.8 Å². The minimum absolute atomic E-state index is 0.0238. The highest BCUT2D eigenvalue weighted by Gasteiger charge is 2.47. The lowest BCUT2D eigenvalue weighted by atomic mass is 9.81. The second-order valence-corrected chi connectivity index (χ2v) is 6.47. The van der Waals surface area contributed by atoms with Gasteiger partial charge in [-0.1, -0.05) is 12.8 Å². The van der Waals surface area contributed by atoms with Gasteiger partial charge in [0.15, 0.2) is 6.61 Å². The molecule has 0 spiro atoms. The molecule has 9 nitrogen and oxygen atoms in total. The van der Waals surface area contributed by atoms with E-state index < -0.39 is 18.5 Å². The summed E-state index contributed by atoms with van der Waals surface area (Å²) in [4.78, 5) is 60.2. The maximum Gasteiger partial charge on any atom is 0.308 e. The van der Waals surface area contributed by atoms with Crippen LogP contribution in [0.15, 0.2) is 0 Å². The van der Waals surface area contributed by atoms with Gasteiger partial charge in [0.05, 0.1) is 24.8 Å². The molecule has 1 aliphatic heterocycles. The Labute approximate surface area is 151 Å². The zero-order chi connectivity index (χ0) is 19.1. The quantitative estimate of drug-likeness (QED) is 0.434. The molecule has 1 aliphatic carbocycles. The lowest BCUT2D eigenvalue weighted by molar-refractivity contribution is -0.149. The number of hydrogen-bond acceptors (Lipinski definition) is 6. The van der Waals surface area contributed by atoms with Crippen LogP contribution in [0.5, 0.6) is 0 Å². The summed E-state index contributed by atoms with van der Waals surface area (Å²) in [5.41, 5.74) is 0. The van der Waals surface area contributed by atoms with Crippen LogP contribution >= 0.6 is 0 Å². The molecule has 2 N–H and O–H groups in total. The van der Waals surface area contributed by atoms with Crippen LogP contribution < -0.4 is 10.6 Å². The van der Waals surface area contributed by atoms with Gasteiger partial charge in [-0.15, -0.1) is 0 Å². The maximum absolute atomic E-state index is 12.3. The molecule has 0 aromatic carbocycles. The van der Waals surface area contributed by atoms with E-state index in [9.17, 15) is 24.0 Å². The monoisotopic (exact) mass is 367 g/mol. The van der Waals surface area contributed by atoms with Crippen molar-refractivity contribution in [1.29, 1.82) is 0 Å². The van der Waals surface area contributed by atoms with Crippen LogP contribution in [0.4, 0.5) is 0 Å². The van der Waals surface area contributed by atoms with Crippen molar-refractivity contribution in [2.45, 2.75) is 39.0 Å². The zero-order valence-corrected chi connectivity index (χ0v) is 14.9. The van der Waals surface area contributed by atoms with E-state index in [1.807, 2.05) is 0 Å². The highest BCUT2D eigenvalue weighted by atomic mass is 16.5. The molecule has 0 bridgehead atoms. The first-order chi connectivity index (χ1) is 12.4. The first kappa shape index (κ1) is 19.9. The number of ether oxygens (including phenoxy) is 1. The molecular formula is C17H25N3O6. The van der Waals surface area contributed by atoms with Crippen LogP contribution in [0, 0.1) is 11.8 Å². The largest absolute Gasteiger partial charge is 0.456 e. The molecule has 2 aliphatic rings. The van der Waals surface area contributed by atoms with Crippen molar-refractivity contribution < 1.29 is 28.7 Å². The lowest BCUT2D eigenvalue weighted by Crippen LogP contribution is -2.38. The number of fused-ring (bicyclic) bond motifs is 1. The van der Waals surface area contributed by atoms with Gasteiger partial charge in [-0.25, -0.2) is 0 Å². The number of nitrogens with one attached hydrogen (secondary N) is 2. The predicted molar refractivity (Wildman–Crippen MR) is 89.4 cm³/mol. The molecule has 0 radical (unpaired) electrons. The number of hydrogen-bond donors (Lipinski definition) is 2. The molecule has 1 heterocycles. The molecule has 0 aromatic heterocycles. The SMILES string of the molecule is CCNC(=O)CNC(=O)COC(=O)CCN1C(=O)[C@H]2CCCC[C@H]2C1=O. The van der Waals surface area contributed by atoms with E-state index in [2.05, 4.69) is 10.6 Å². The molecule has 2 atom stereocenters. The number of imide groups is 1. The maximum atomic E-state index is 12.3. The summed E-state index contributed by atoms with van der Waals surface area (Å²) < 4.78 is 4.81. The van der Waals surface area contributed by atoms with Crippen molar-refractivity contribution in [2.24, 2.45) is 11.8 Å². The Balaban J connectivity index is 1.68. The molecule has 0 aromatic rings. The second-order valence-electron chi connectivity index (χ2n) is 6.47. The summed E-state index contributed by atoms with van der Waals surface area (Å²) >= 11 is 0. The van der Waals surface area contributed by atoms with E-state index in [1.165, 1.54) is 0 Å². The Bertz CT molecular complexity index is 567. The molecular weight excluding hydrogens is 342 g/mol. The normalized spacial score (nSPS) is 22.0. The van der Waals surface area contributed by atoms with Crippen molar-refractivity contribution in [1.82, 2.24) is 15.5 Å². The predicted octanol–water partition coefficient (Wildman–Crippen LogP) is -0.653. The van der Waals surface area contributed by atoms with E-state index in [0.29, 0.717) is 6.54 Å². The van der Waals surface area contributed by atoms with Crippen LogP contribution in [0.3, 0.4) is 0 Å². The molecule has 0 unspecified atom stereocenters. The van der Waals surface area contributed by atoms with Gasteiger partial charge in [0.1, 0.15) is 0 Å². The van der Waals surface area contributed by atoms with Gasteiger partial charge in [0, 0.05) is 13.1 Å². The van der Waals surface area contributed by atoms with Crippen molar-refractivity contribution in [3.63, 3.8) is 0 Å². The molecule has 1 saturated carbocycles. The average Bonchev–Trinajstić information content (AvgIpc) is 2.88. The highest BCUT2D eigenvalue weighted by molar-refractivity contribution is 6.05. The van der Waals surface area contributed by atoms with Gasteiger partial charge in [-0.2, -0.15) is 0 Å². The fraction of sp³-hybridized carbons (Fsp3) is 0.706. The number of likely N-dealkylation sites (N-methyl/N-ethyl adjacent to an activating group) is 1. The summed E-state index contributed by atoms with van der Waals surface area (Å²) in [7, 11) is 0. The van der Waals surface area contributed by atoms with Crippen molar-refractivity contribution in [3.8, 4) is 0 Å². The standard InChI is InChI=1S/C17H25N3O6/c1-2-18-13(21)9-19-14(22)10-26-15(23)7-8-20-16(24)11-5-3-4-6-12(11)17(20)25/h11-12H,2-10H2,1H3,(H,18,21)(H,19,22)/t11-,12+. The van der Waals surface area contributed by atoms with Gasteiger partial charge < -0.3 is 15.4 Å². The third-order valence-electron chi connectivity index (χ3n) is 4.66. The van der Waals surface area contributed by atoms with Gasteiger partial charge >= 0.3 is 5.97 Å². The fourth-order valence-corrected chi connectivity index (χ4v) is 3.36. The number of esters is 1. The Morgan fingerprint density at radius 1 is 1.04 bits per heavy atom. The Morgan fingerprint density at radius 2 is 1.65 bits per heavy atom. The Kier molecular flexibility index (Phi) is 7.11. The molecule has 2 rings (SSSR count). The minimum Gasteiger partial charge on any atom is -0.456 e. The van der Waals surface area contributed by atoms with Gasteiger partial charge in [0.2, 0.25) is 17.7 Å². The number of nitrogens with zero attached hydrogens (tertiary/aromatic N) is 1. The van der Waals surface area contributed by atoms with Crippen LogP contribution in [0.2, 0.25) is 0 Å². The first-order valence-corrected chi connectivity index (χ1v) is 8.98. The smallest absolute Gasteiger partial charge is 0.308 e. The van der Waals surface area contributed by atoms with E-state index in [0.717, 1.165) is 30.6 Å². The Hall–Kier alpha value is -2.45. The van der Waals surface area contributed by atoms with Gasteiger partial charge in [0.25, 0.3) is 5.91 Å². The van der Waals surface area contributed by atoms with E-state index in [4.69, 9.17) is 4.74 Å². The molecule has 144 valence electrons. The van der Waals surface area contributed by atoms with Crippen molar-refractivity contribution in [3.05, 3.63) is 0 Å². The van der Waals surface area contributed by atoms with Crippen LogP contribution in [-0.2, 0) is 28.7 Å². The summed E-state index contributed by atoms with van der Waals surface area (Å²) in [6.45, 7) is 1.49. The molecule has 4 amide bonds. The number of rotatable bonds is 8. The Morgan fingerprint density at radius 3 is 2.23 bits per heavy atom. The summed E-state index contributed by atoms with van der Waals surface area (Å²) in [6, 6.07) is 0.